The van der Waals surface area contributed by atoms with Crippen molar-refractivity contribution in [1.29, 1.82) is 0 Å². The van der Waals surface area contributed by atoms with Crippen LogP contribution in [0.3, 0.4) is 0 Å². The van der Waals surface area contributed by atoms with Gasteiger partial charge in [-0.05, 0) is 5.92 Å². The number of aliphatic hydroxyl groups is 1. The normalized spacial score (nSPS) is 12.6. The van der Waals surface area contributed by atoms with Crippen molar-refractivity contribution in [2.45, 2.75) is 19.9 Å². The highest BCUT2D eigenvalue weighted by molar-refractivity contribution is 6.32. The minimum Gasteiger partial charge on any atom is -0.394 e. The first-order chi connectivity index (χ1) is 7.58. The molecule has 0 amide bonds. The van der Waals surface area contributed by atoms with Crippen LogP contribution in [0, 0.1) is 5.92 Å². The smallest absolute Gasteiger partial charge is 0.239 e. The quantitative estimate of drug-likeness (QED) is 0.454. The van der Waals surface area contributed by atoms with Crippen molar-refractivity contribution in [2.75, 3.05) is 17.3 Å². The molecule has 5 N–H and O–H groups in total. The standard InChI is InChI=1S/C9H16ClN5O/c1-5(2)7(4-16)13-8-6(10)3-12-9(14-8)15-11/h3,5,7,16H,4,11H2,1-2H3,(H2,12,13,14,15). The molecule has 0 aliphatic carbocycles. The molecule has 0 aromatic carbocycles. The second-order valence-corrected chi connectivity index (χ2v) is 4.12. The summed E-state index contributed by atoms with van der Waals surface area (Å²) in [4.78, 5) is 7.91. The fraction of sp³-hybridized carbons (Fsp3) is 0.556. The van der Waals surface area contributed by atoms with Gasteiger partial charge in [-0.15, -0.1) is 0 Å². The number of nitrogens with one attached hydrogen (secondary N) is 2. The zero-order chi connectivity index (χ0) is 12.1. The highest BCUT2D eigenvalue weighted by atomic mass is 35.5. The summed E-state index contributed by atoms with van der Waals surface area (Å²) in [6.45, 7) is 3.99. The van der Waals surface area contributed by atoms with Crippen molar-refractivity contribution >= 4 is 23.4 Å². The lowest BCUT2D eigenvalue weighted by atomic mass is 10.1. The molecule has 7 heteroatoms. The molecule has 1 atom stereocenters. The highest BCUT2D eigenvalue weighted by Gasteiger charge is 2.14. The van der Waals surface area contributed by atoms with Gasteiger partial charge in [-0.1, -0.05) is 25.4 Å². The molecule has 0 saturated carbocycles. The molecule has 1 aromatic rings. The maximum absolute atomic E-state index is 9.19. The van der Waals surface area contributed by atoms with Crippen LogP contribution < -0.4 is 16.6 Å². The maximum atomic E-state index is 9.19. The number of halogens is 1. The SMILES string of the molecule is CC(C)C(CO)Nc1nc(NN)ncc1Cl. The van der Waals surface area contributed by atoms with Gasteiger partial charge in [-0.25, -0.2) is 10.8 Å². The van der Waals surface area contributed by atoms with Gasteiger partial charge in [0.15, 0.2) is 5.82 Å². The topological polar surface area (TPSA) is 96.1 Å². The second kappa shape index (κ2) is 5.83. The molecule has 0 spiro atoms. The molecular weight excluding hydrogens is 230 g/mol. The number of aromatic nitrogens is 2. The van der Waals surface area contributed by atoms with Crippen LogP contribution in [-0.4, -0.2) is 27.7 Å². The number of aliphatic hydroxyl groups excluding tert-OH is 1. The van der Waals surface area contributed by atoms with Gasteiger partial charge in [0, 0.05) is 0 Å². The van der Waals surface area contributed by atoms with Gasteiger partial charge >= 0.3 is 0 Å². The maximum Gasteiger partial charge on any atom is 0.239 e. The Morgan fingerprint density at radius 3 is 2.75 bits per heavy atom. The molecule has 1 heterocycles. The van der Waals surface area contributed by atoms with Crippen LogP contribution in [0.25, 0.3) is 0 Å². The van der Waals surface area contributed by atoms with Crippen LogP contribution in [0.4, 0.5) is 11.8 Å². The summed E-state index contributed by atoms with van der Waals surface area (Å²) in [6.07, 6.45) is 1.45. The summed E-state index contributed by atoms with van der Waals surface area (Å²) in [6, 6.07) is -0.113. The van der Waals surface area contributed by atoms with E-state index in [0.717, 1.165) is 0 Å². The molecule has 1 unspecified atom stereocenters. The molecule has 16 heavy (non-hydrogen) atoms. The fourth-order valence-corrected chi connectivity index (χ4v) is 1.28. The first kappa shape index (κ1) is 13.0. The molecule has 0 radical (unpaired) electrons. The van der Waals surface area contributed by atoms with Crippen molar-refractivity contribution in [3.05, 3.63) is 11.2 Å². The largest absolute Gasteiger partial charge is 0.394 e. The van der Waals surface area contributed by atoms with Crippen molar-refractivity contribution < 1.29 is 5.11 Å². The van der Waals surface area contributed by atoms with Crippen molar-refractivity contribution in [3.63, 3.8) is 0 Å². The van der Waals surface area contributed by atoms with E-state index in [2.05, 4.69) is 20.7 Å². The zero-order valence-electron chi connectivity index (χ0n) is 9.24. The molecule has 90 valence electrons. The van der Waals surface area contributed by atoms with Gasteiger partial charge in [0.1, 0.15) is 5.02 Å². The Balaban J connectivity index is 2.86. The van der Waals surface area contributed by atoms with Crippen LogP contribution in [0.15, 0.2) is 6.20 Å². The predicted octanol–water partition coefficient (Wildman–Crippen LogP) is 0.844. The Morgan fingerprint density at radius 1 is 1.56 bits per heavy atom. The Kier molecular flexibility index (Phi) is 4.72. The number of hydrogen-bond donors (Lipinski definition) is 4. The number of rotatable bonds is 5. The number of hydrogen-bond acceptors (Lipinski definition) is 6. The zero-order valence-corrected chi connectivity index (χ0v) is 9.99. The fourth-order valence-electron chi connectivity index (χ4n) is 1.14. The van der Waals surface area contributed by atoms with Gasteiger partial charge in [0.25, 0.3) is 0 Å². The van der Waals surface area contributed by atoms with Gasteiger partial charge in [0.2, 0.25) is 5.95 Å². The summed E-state index contributed by atoms with van der Waals surface area (Å²) < 4.78 is 0. The van der Waals surface area contributed by atoms with Crippen LogP contribution in [0.5, 0.6) is 0 Å². The first-order valence-corrected chi connectivity index (χ1v) is 5.32. The van der Waals surface area contributed by atoms with E-state index in [9.17, 15) is 5.11 Å². The number of nitrogens with two attached hydrogens (primary N) is 1. The Labute approximate surface area is 99.2 Å². The summed E-state index contributed by atoms with van der Waals surface area (Å²) in [5.74, 6) is 6.18. The molecule has 0 fully saturated rings. The van der Waals surface area contributed by atoms with E-state index in [-0.39, 0.29) is 24.5 Å². The summed E-state index contributed by atoms with van der Waals surface area (Å²) in [5, 5.41) is 12.6. The van der Waals surface area contributed by atoms with E-state index < -0.39 is 0 Å². The highest BCUT2D eigenvalue weighted by Crippen LogP contribution is 2.21. The van der Waals surface area contributed by atoms with Crippen molar-refractivity contribution in [1.82, 2.24) is 9.97 Å². The Hall–Kier alpha value is -1.11. The van der Waals surface area contributed by atoms with Crippen LogP contribution >= 0.6 is 11.6 Å². The molecule has 0 saturated heterocycles. The van der Waals surface area contributed by atoms with E-state index in [1.807, 2.05) is 13.8 Å². The number of nitrogen functional groups attached to an aromatic ring is 1. The van der Waals surface area contributed by atoms with Crippen LogP contribution in [0.1, 0.15) is 13.8 Å². The minimum absolute atomic E-state index is 0.00336. The molecule has 6 nitrogen and oxygen atoms in total. The van der Waals surface area contributed by atoms with Crippen LogP contribution in [0.2, 0.25) is 5.02 Å². The Bertz CT molecular complexity index is 347. The lowest BCUT2D eigenvalue weighted by molar-refractivity contribution is 0.249. The van der Waals surface area contributed by atoms with E-state index in [1.54, 1.807) is 0 Å². The summed E-state index contributed by atoms with van der Waals surface area (Å²) >= 11 is 5.92. The number of nitrogens with zero attached hydrogens (tertiary/aromatic N) is 2. The van der Waals surface area contributed by atoms with Gasteiger partial charge in [-0.2, -0.15) is 4.98 Å². The number of anilines is 2. The molecule has 1 aromatic heterocycles. The van der Waals surface area contributed by atoms with Gasteiger partial charge in [-0.3, -0.25) is 5.43 Å². The molecule has 0 aliphatic heterocycles. The Morgan fingerprint density at radius 2 is 2.25 bits per heavy atom. The lowest BCUT2D eigenvalue weighted by Gasteiger charge is -2.21. The monoisotopic (exact) mass is 245 g/mol. The van der Waals surface area contributed by atoms with E-state index in [4.69, 9.17) is 17.4 Å². The van der Waals surface area contributed by atoms with E-state index >= 15 is 0 Å². The summed E-state index contributed by atoms with van der Waals surface area (Å²) in [5.41, 5.74) is 2.33. The summed E-state index contributed by atoms with van der Waals surface area (Å²) in [7, 11) is 0. The lowest BCUT2D eigenvalue weighted by Crippen LogP contribution is -2.30. The third kappa shape index (κ3) is 3.19. The average Bonchev–Trinajstić information content (AvgIpc) is 2.27. The first-order valence-electron chi connectivity index (χ1n) is 4.95. The van der Waals surface area contributed by atoms with E-state index in [0.29, 0.717) is 10.8 Å². The predicted molar refractivity (Wildman–Crippen MR) is 64.2 cm³/mol. The van der Waals surface area contributed by atoms with Crippen molar-refractivity contribution in [2.24, 2.45) is 11.8 Å². The minimum atomic E-state index is -0.113. The average molecular weight is 246 g/mol. The van der Waals surface area contributed by atoms with E-state index in [1.165, 1.54) is 6.20 Å². The molecule has 0 bridgehead atoms. The second-order valence-electron chi connectivity index (χ2n) is 3.71. The van der Waals surface area contributed by atoms with Gasteiger partial charge < -0.3 is 10.4 Å². The van der Waals surface area contributed by atoms with Crippen LogP contribution in [-0.2, 0) is 0 Å². The molecule has 1 rings (SSSR count). The molecular formula is C9H16ClN5O. The van der Waals surface area contributed by atoms with Crippen molar-refractivity contribution in [3.8, 4) is 0 Å². The third-order valence-electron chi connectivity index (χ3n) is 2.20. The molecule has 0 aliphatic rings. The number of hydrazine groups is 1. The van der Waals surface area contributed by atoms with Gasteiger partial charge in [0.05, 0.1) is 18.8 Å². The third-order valence-corrected chi connectivity index (χ3v) is 2.47.